The highest BCUT2D eigenvalue weighted by atomic mass is 79.9. The minimum Gasteiger partial charge on any atom is -0.484 e. The van der Waals surface area contributed by atoms with Gasteiger partial charge in [0.1, 0.15) is 18.2 Å². The molecule has 1 heterocycles. The van der Waals surface area contributed by atoms with Crippen molar-refractivity contribution in [1.29, 1.82) is 0 Å². The Morgan fingerprint density at radius 2 is 2.24 bits per heavy atom. The molecule has 0 spiro atoms. The van der Waals surface area contributed by atoms with Crippen molar-refractivity contribution in [3.8, 4) is 5.75 Å². The first-order valence-electron chi connectivity index (χ1n) is 6.52. The maximum atomic E-state index is 13.4. The fourth-order valence-electron chi connectivity index (χ4n) is 1.66. The quantitative estimate of drug-likeness (QED) is 0.577. The highest BCUT2D eigenvalue weighted by Gasteiger charge is 2.10. The Balaban J connectivity index is 1.92. The molecule has 0 unspecified atom stereocenters. The van der Waals surface area contributed by atoms with E-state index >= 15 is 0 Å². The van der Waals surface area contributed by atoms with Gasteiger partial charge in [0.15, 0.2) is 5.76 Å². The zero-order valence-electron chi connectivity index (χ0n) is 11.5. The number of nitrogens with one attached hydrogen (secondary N) is 1. The lowest BCUT2D eigenvalue weighted by Crippen LogP contribution is -2.13. The molecule has 0 amide bonds. The molecular weight excluding hydrogens is 363 g/mol. The Bertz CT molecular complexity index is 607. The number of aromatic nitrogens is 1. The van der Waals surface area contributed by atoms with E-state index in [-0.39, 0.29) is 11.6 Å². The van der Waals surface area contributed by atoms with Crippen LogP contribution in [0.4, 0.5) is 4.39 Å². The van der Waals surface area contributed by atoms with Gasteiger partial charge in [-0.05, 0) is 35.0 Å². The van der Waals surface area contributed by atoms with Crippen molar-refractivity contribution in [2.45, 2.75) is 26.5 Å². The Hall–Kier alpha value is -1.11. The largest absolute Gasteiger partial charge is 0.484 e. The Morgan fingerprint density at radius 3 is 3.00 bits per heavy atom. The second-order valence-electron chi connectivity index (χ2n) is 4.45. The zero-order valence-corrected chi connectivity index (χ0v) is 13.8. The van der Waals surface area contributed by atoms with E-state index in [1.807, 2.05) is 6.07 Å². The Labute approximate surface area is 135 Å². The lowest BCUT2D eigenvalue weighted by atomic mass is 10.3. The summed E-state index contributed by atoms with van der Waals surface area (Å²) in [5.41, 5.74) is 0.809. The molecule has 0 saturated carbocycles. The number of hydrogen-bond donors (Lipinski definition) is 1. The van der Waals surface area contributed by atoms with Crippen molar-refractivity contribution >= 4 is 27.5 Å². The summed E-state index contributed by atoms with van der Waals surface area (Å²) in [6.45, 7) is 3.84. The standard InChI is InChI=1S/C14H15BrClFN2O2/c1-2-3-18-7-9-4-10(21-19-9)8-20-14-6-13(17)12(16)5-11(14)15/h4-6,18H,2-3,7-8H2,1H3. The van der Waals surface area contributed by atoms with Crippen LogP contribution >= 0.6 is 27.5 Å². The predicted molar refractivity (Wildman–Crippen MR) is 81.9 cm³/mol. The highest BCUT2D eigenvalue weighted by molar-refractivity contribution is 9.10. The molecule has 2 aromatic rings. The van der Waals surface area contributed by atoms with Crippen LogP contribution in [0.25, 0.3) is 0 Å². The van der Waals surface area contributed by atoms with Crippen molar-refractivity contribution in [3.05, 3.63) is 45.0 Å². The lowest BCUT2D eigenvalue weighted by molar-refractivity contribution is 0.246. The summed E-state index contributed by atoms with van der Waals surface area (Å²) in [4.78, 5) is 0. The molecule has 1 N–H and O–H groups in total. The minimum absolute atomic E-state index is 0.0400. The Morgan fingerprint density at radius 1 is 1.43 bits per heavy atom. The van der Waals surface area contributed by atoms with Gasteiger partial charge in [-0.1, -0.05) is 23.7 Å². The molecule has 7 heteroatoms. The number of hydrogen-bond acceptors (Lipinski definition) is 4. The summed E-state index contributed by atoms with van der Waals surface area (Å²) in [6.07, 6.45) is 1.06. The average Bonchev–Trinajstić information content (AvgIpc) is 2.90. The third kappa shape index (κ3) is 4.69. The fourth-order valence-corrected chi connectivity index (χ4v) is 2.42. The van der Waals surface area contributed by atoms with E-state index in [0.717, 1.165) is 18.7 Å². The first-order valence-corrected chi connectivity index (χ1v) is 7.69. The second-order valence-corrected chi connectivity index (χ2v) is 5.71. The maximum absolute atomic E-state index is 13.4. The monoisotopic (exact) mass is 376 g/mol. The van der Waals surface area contributed by atoms with Gasteiger partial charge in [0.25, 0.3) is 0 Å². The number of halogens is 3. The van der Waals surface area contributed by atoms with Gasteiger partial charge in [-0.15, -0.1) is 0 Å². The molecule has 21 heavy (non-hydrogen) atoms. The molecule has 0 aliphatic carbocycles. The van der Waals surface area contributed by atoms with E-state index in [1.54, 1.807) is 0 Å². The number of ether oxygens (including phenoxy) is 1. The van der Waals surface area contributed by atoms with E-state index in [1.165, 1.54) is 12.1 Å². The van der Waals surface area contributed by atoms with Crippen LogP contribution in [-0.2, 0) is 13.2 Å². The smallest absolute Gasteiger partial charge is 0.174 e. The van der Waals surface area contributed by atoms with Gasteiger partial charge in [0, 0.05) is 18.7 Å². The van der Waals surface area contributed by atoms with Gasteiger partial charge in [0.2, 0.25) is 0 Å². The van der Waals surface area contributed by atoms with Crippen LogP contribution in [0.3, 0.4) is 0 Å². The molecule has 1 aromatic heterocycles. The van der Waals surface area contributed by atoms with E-state index in [9.17, 15) is 4.39 Å². The summed E-state index contributed by atoms with van der Waals surface area (Å²) in [6, 6.07) is 4.49. The third-order valence-corrected chi connectivity index (χ3v) is 3.59. The Kier molecular flexibility index (Phi) is 6.02. The van der Waals surface area contributed by atoms with Crippen molar-refractivity contribution in [3.63, 3.8) is 0 Å². The van der Waals surface area contributed by atoms with Crippen LogP contribution < -0.4 is 10.1 Å². The lowest BCUT2D eigenvalue weighted by Gasteiger charge is -2.07. The van der Waals surface area contributed by atoms with Crippen LogP contribution in [0.2, 0.25) is 5.02 Å². The van der Waals surface area contributed by atoms with Crippen molar-refractivity contribution in [2.24, 2.45) is 0 Å². The normalized spacial score (nSPS) is 10.9. The van der Waals surface area contributed by atoms with Crippen LogP contribution in [-0.4, -0.2) is 11.7 Å². The van der Waals surface area contributed by atoms with E-state index < -0.39 is 5.82 Å². The zero-order chi connectivity index (χ0) is 15.2. The molecule has 0 fully saturated rings. The molecule has 0 bridgehead atoms. The minimum atomic E-state index is -0.531. The molecular formula is C14H15BrClFN2O2. The van der Waals surface area contributed by atoms with Crippen molar-refractivity contribution in [1.82, 2.24) is 10.5 Å². The molecule has 4 nitrogen and oxygen atoms in total. The molecule has 0 saturated heterocycles. The molecule has 0 aliphatic heterocycles. The number of benzene rings is 1. The third-order valence-electron chi connectivity index (χ3n) is 2.69. The summed E-state index contributed by atoms with van der Waals surface area (Å²) in [7, 11) is 0. The SMILES string of the molecule is CCCNCc1cc(COc2cc(F)c(Cl)cc2Br)on1. The van der Waals surface area contributed by atoms with Gasteiger partial charge < -0.3 is 14.6 Å². The van der Waals surface area contributed by atoms with Crippen LogP contribution in [0.5, 0.6) is 5.75 Å². The fraction of sp³-hybridized carbons (Fsp3) is 0.357. The average molecular weight is 378 g/mol. The second kappa shape index (κ2) is 7.77. The number of nitrogens with zero attached hydrogens (tertiary/aromatic N) is 1. The predicted octanol–water partition coefficient (Wildman–Crippen LogP) is 4.31. The summed E-state index contributed by atoms with van der Waals surface area (Å²) >= 11 is 8.94. The number of rotatable bonds is 7. The highest BCUT2D eigenvalue weighted by Crippen LogP contribution is 2.31. The van der Waals surface area contributed by atoms with Crippen LogP contribution in [0.15, 0.2) is 27.2 Å². The van der Waals surface area contributed by atoms with Gasteiger partial charge in [-0.3, -0.25) is 0 Å². The summed E-state index contributed by atoms with van der Waals surface area (Å²) < 4.78 is 24.6. The maximum Gasteiger partial charge on any atom is 0.174 e. The van der Waals surface area contributed by atoms with Gasteiger partial charge >= 0.3 is 0 Å². The molecule has 0 atom stereocenters. The van der Waals surface area contributed by atoms with E-state index in [2.05, 4.69) is 33.3 Å². The summed E-state index contributed by atoms with van der Waals surface area (Å²) in [5.74, 6) is 0.404. The van der Waals surface area contributed by atoms with Gasteiger partial charge in [-0.2, -0.15) is 0 Å². The molecule has 1 aromatic carbocycles. The van der Waals surface area contributed by atoms with Crippen LogP contribution in [0, 0.1) is 5.82 Å². The first kappa shape index (κ1) is 16.3. The molecule has 114 valence electrons. The molecule has 0 radical (unpaired) electrons. The van der Waals surface area contributed by atoms with Crippen molar-refractivity contribution < 1.29 is 13.7 Å². The van der Waals surface area contributed by atoms with E-state index in [4.69, 9.17) is 20.9 Å². The van der Waals surface area contributed by atoms with Crippen LogP contribution in [0.1, 0.15) is 24.8 Å². The van der Waals surface area contributed by atoms with Crippen molar-refractivity contribution in [2.75, 3.05) is 6.54 Å². The molecule has 0 aliphatic rings. The van der Waals surface area contributed by atoms with E-state index in [0.29, 0.717) is 22.5 Å². The van der Waals surface area contributed by atoms with Gasteiger partial charge in [-0.25, -0.2) is 4.39 Å². The molecule has 2 rings (SSSR count). The topological polar surface area (TPSA) is 47.3 Å². The summed E-state index contributed by atoms with van der Waals surface area (Å²) in [5, 5.41) is 7.20. The first-order chi connectivity index (χ1) is 10.1. The van der Waals surface area contributed by atoms with Gasteiger partial charge in [0.05, 0.1) is 15.2 Å².